The number of rotatable bonds is 1. The third-order valence-corrected chi connectivity index (χ3v) is 5.17. The lowest BCUT2D eigenvalue weighted by molar-refractivity contribution is 0.0788. The number of fused-ring (bicyclic) bond motifs is 3. The molecule has 2 aliphatic rings. The van der Waals surface area contributed by atoms with Crippen molar-refractivity contribution >= 4 is 22.6 Å². The van der Waals surface area contributed by atoms with Crippen LogP contribution < -0.4 is 11.2 Å². The van der Waals surface area contributed by atoms with Crippen LogP contribution in [0.15, 0.2) is 38.8 Å². The van der Waals surface area contributed by atoms with Gasteiger partial charge in [0.2, 0.25) is 5.78 Å². The number of carbonyl (C=O) groups excluding carboxylic acids is 2. The highest BCUT2D eigenvalue weighted by Gasteiger charge is 2.39. The highest BCUT2D eigenvalue weighted by atomic mass is 16.2. The molecule has 4 rings (SSSR count). The lowest BCUT2D eigenvalue weighted by Crippen LogP contribution is -2.42. The van der Waals surface area contributed by atoms with E-state index in [9.17, 15) is 19.2 Å². The van der Waals surface area contributed by atoms with Crippen LogP contribution in [0.1, 0.15) is 34.1 Å². The number of aryl methyl sites for hydroxylation is 1. The Labute approximate surface area is 159 Å². The molecule has 0 saturated heterocycles. The Kier molecular flexibility index (Phi) is 3.76. The molecule has 28 heavy (non-hydrogen) atoms. The molecule has 0 bridgehead atoms. The molecule has 0 atom stereocenters. The van der Waals surface area contributed by atoms with Crippen LogP contribution in [0.25, 0.3) is 11.0 Å². The number of carbonyl (C=O) groups is 2. The van der Waals surface area contributed by atoms with Crippen LogP contribution in [-0.2, 0) is 14.1 Å². The van der Waals surface area contributed by atoms with Crippen LogP contribution in [-0.4, -0.2) is 49.8 Å². The number of Topliss-reactive ketones (excluding diaryl/α,β-unsaturated/α-hetero) is 2. The maximum atomic E-state index is 13.4. The van der Waals surface area contributed by atoms with Gasteiger partial charge in [-0.05, 0) is 6.92 Å². The van der Waals surface area contributed by atoms with E-state index in [1.807, 2.05) is 13.1 Å². The molecule has 3 heterocycles. The van der Waals surface area contributed by atoms with Crippen LogP contribution in [0.4, 0.5) is 0 Å². The molecule has 1 aliphatic carbocycles. The maximum absolute atomic E-state index is 13.4. The first-order valence-corrected chi connectivity index (χ1v) is 8.70. The quantitative estimate of drug-likeness (QED) is 0.703. The van der Waals surface area contributed by atoms with Gasteiger partial charge in [0.25, 0.3) is 5.56 Å². The van der Waals surface area contributed by atoms with Gasteiger partial charge in [-0.1, -0.05) is 5.57 Å². The smallest absolute Gasteiger partial charge is 0.289 e. The van der Waals surface area contributed by atoms with E-state index in [0.717, 1.165) is 10.1 Å². The zero-order valence-electron chi connectivity index (χ0n) is 16.2. The van der Waals surface area contributed by atoms with Crippen molar-refractivity contribution in [2.24, 2.45) is 14.1 Å². The Morgan fingerprint density at radius 2 is 1.71 bits per heavy atom. The van der Waals surface area contributed by atoms with E-state index in [1.165, 1.54) is 24.9 Å². The van der Waals surface area contributed by atoms with Crippen molar-refractivity contribution in [1.29, 1.82) is 0 Å². The van der Waals surface area contributed by atoms with E-state index in [-0.39, 0.29) is 39.4 Å². The third kappa shape index (κ3) is 2.19. The molecule has 2 aromatic heterocycles. The third-order valence-electron chi connectivity index (χ3n) is 5.17. The highest BCUT2D eigenvalue weighted by molar-refractivity contribution is 6.30. The Morgan fingerprint density at radius 1 is 1.04 bits per heavy atom. The van der Waals surface area contributed by atoms with Gasteiger partial charge in [-0.3, -0.25) is 28.5 Å². The van der Waals surface area contributed by atoms with Gasteiger partial charge in [0.1, 0.15) is 11.3 Å². The molecule has 144 valence electrons. The Morgan fingerprint density at radius 3 is 2.36 bits per heavy atom. The predicted molar refractivity (Wildman–Crippen MR) is 102 cm³/mol. The molecule has 0 spiro atoms. The number of hydrogen-bond acceptors (Lipinski definition) is 7. The van der Waals surface area contributed by atoms with Gasteiger partial charge in [0.05, 0.1) is 16.5 Å². The summed E-state index contributed by atoms with van der Waals surface area (Å²) in [6.07, 6.45) is 3.41. The maximum Gasteiger partial charge on any atom is 0.332 e. The second-order valence-electron chi connectivity index (χ2n) is 7.28. The van der Waals surface area contributed by atoms with Crippen molar-refractivity contribution in [1.82, 2.24) is 24.1 Å². The first kappa shape index (κ1) is 18.1. The van der Waals surface area contributed by atoms with Gasteiger partial charge in [-0.15, -0.1) is 0 Å². The van der Waals surface area contributed by atoms with Gasteiger partial charge in [-0.2, -0.15) is 0 Å². The number of ketones is 2. The van der Waals surface area contributed by atoms with Crippen LogP contribution >= 0.6 is 0 Å². The molecule has 0 fully saturated rings. The Balaban J connectivity index is 2.11. The first-order chi connectivity index (χ1) is 13.1. The molecule has 0 amide bonds. The summed E-state index contributed by atoms with van der Waals surface area (Å²) in [6, 6.07) is 0. The van der Waals surface area contributed by atoms with Gasteiger partial charge < -0.3 is 0 Å². The fourth-order valence-electron chi connectivity index (χ4n) is 3.78. The van der Waals surface area contributed by atoms with E-state index in [1.54, 1.807) is 24.1 Å². The second kappa shape index (κ2) is 5.83. The largest absolute Gasteiger partial charge is 0.332 e. The number of pyridine rings is 1. The molecule has 0 radical (unpaired) electrons. The van der Waals surface area contributed by atoms with Crippen molar-refractivity contribution in [2.45, 2.75) is 13.3 Å². The summed E-state index contributed by atoms with van der Waals surface area (Å²) < 4.78 is 2.13. The normalized spacial score (nSPS) is 16.6. The monoisotopic (exact) mass is 381 g/mol. The van der Waals surface area contributed by atoms with E-state index >= 15 is 0 Å². The van der Waals surface area contributed by atoms with E-state index < -0.39 is 11.2 Å². The molecule has 0 saturated carbocycles. The first-order valence-electron chi connectivity index (χ1n) is 8.70. The van der Waals surface area contributed by atoms with Gasteiger partial charge in [0.15, 0.2) is 5.78 Å². The molecule has 0 aromatic carbocycles. The number of allylic oxidation sites excluding steroid dienone is 3. The molecule has 2 aromatic rings. The molecule has 9 nitrogen and oxygen atoms in total. The van der Waals surface area contributed by atoms with Crippen molar-refractivity contribution in [2.75, 3.05) is 14.1 Å². The molecular weight excluding hydrogens is 362 g/mol. The summed E-state index contributed by atoms with van der Waals surface area (Å²) in [4.78, 5) is 55.9. The fourth-order valence-corrected chi connectivity index (χ4v) is 3.78. The van der Waals surface area contributed by atoms with Crippen LogP contribution in [0, 0.1) is 0 Å². The minimum Gasteiger partial charge on any atom is -0.289 e. The average molecular weight is 381 g/mol. The number of aromatic nitrogens is 3. The van der Waals surface area contributed by atoms with E-state index in [4.69, 9.17) is 0 Å². The number of hydrazine groups is 1. The number of hydrogen-bond donors (Lipinski definition) is 0. The van der Waals surface area contributed by atoms with Crippen LogP contribution in [0.3, 0.4) is 0 Å². The minimum atomic E-state index is -0.639. The average Bonchev–Trinajstić information content (AvgIpc) is 2.66. The summed E-state index contributed by atoms with van der Waals surface area (Å²) in [5.41, 5.74) is 0.533. The summed E-state index contributed by atoms with van der Waals surface area (Å²) in [7, 11) is 6.36. The summed E-state index contributed by atoms with van der Waals surface area (Å²) in [6.45, 7) is 1.88. The summed E-state index contributed by atoms with van der Waals surface area (Å²) in [5, 5.41) is 3.35. The van der Waals surface area contributed by atoms with E-state index in [2.05, 4.69) is 4.98 Å². The topological polar surface area (TPSA) is 97.5 Å². The van der Waals surface area contributed by atoms with Gasteiger partial charge in [0, 0.05) is 52.6 Å². The molecule has 0 unspecified atom stereocenters. The van der Waals surface area contributed by atoms with Crippen molar-refractivity contribution in [3.05, 3.63) is 61.2 Å². The Hall–Kier alpha value is -3.33. The van der Waals surface area contributed by atoms with Crippen molar-refractivity contribution in [3.8, 4) is 0 Å². The van der Waals surface area contributed by atoms with Crippen molar-refractivity contribution in [3.63, 3.8) is 0 Å². The molecular formula is C19H19N5O4. The van der Waals surface area contributed by atoms with Crippen LogP contribution in [0.5, 0.6) is 0 Å². The predicted octanol–water partition coefficient (Wildman–Crippen LogP) is 0.351. The lowest BCUT2D eigenvalue weighted by atomic mass is 9.82. The van der Waals surface area contributed by atoms with Crippen molar-refractivity contribution < 1.29 is 9.59 Å². The zero-order chi connectivity index (χ0) is 20.5. The fraction of sp³-hybridized carbons (Fsp3) is 0.316. The zero-order valence-corrected chi connectivity index (χ0v) is 16.2. The SMILES string of the molecule is CC1=CN(N(C)C)C2=C(C1)C(=O)c1c(cnc3c1c(=O)n(C)c(=O)n3C)C2=O. The summed E-state index contributed by atoms with van der Waals surface area (Å²) >= 11 is 0. The van der Waals surface area contributed by atoms with Gasteiger partial charge in [-0.25, -0.2) is 14.8 Å². The molecule has 0 N–H and O–H groups in total. The van der Waals surface area contributed by atoms with E-state index in [0.29, 0.717) is 12.0 Å². The van der Waals surface area contributed by atoms with Gasteiger partial charge >= 0.3 is 5.69 Å². The minimum absolute atomic E-state index is 0.00407. The number of nitrogens with zero attached hydrogens (tertiary/aromatic N) is 5. The molecule has 9 heteroatoms. The van der Waals surface area contributed by atoms with Crippen LogP contribution in [0.2, 0.25) is 0 Å². The highest BCUT2D eigenvalue weighted by Crippen LogP contribution is 2.36. The standard InChI is InChI=1S/C19H19N5O4/c1-9-6-10-14(24(8-9)21(2)3)16(26)11-7-20-17-13(12(11)15(10)25)18(27)23(5)19(28)22(17)4/h7-8H,6H2,1-5H3. The molecule has 1 aliphatic heterocycles. The Bertz CT molecular complexity index is 1280. The second-order valence-corrected chi connectivity index (χ2v) is 7.28. The summed E-state index contributed by atoms with van der Waals surface area (Å²) in [5.74, 6) is -0.751. The lowest BCUT2D eigenvalue weighted by Gasteiger charge is -2.36.